The summed E-state index contributed by atoms with van der Waals surface area (Å²) in [5.74, 6) is 0.160. The number of rotatable bonds is 6. The Hall–Kier alpha value is -0.393. The quantitative estimate of drug-likeness (QED) is 0.466. The van der Waals surface area contributed by atoms with Crippen LogP contribution in [0.3, 0.4) is 0 Å². The minimum Gasteiger partial charge on any atom is -0.369 e. The topological polar surface area (TPSA) is 38.8 Å². The minimum absolute atomic E-state index is 0.118. The Morgan fingerprint density at radius 3 is 2.50 bits per heavy atom. The zero-order chi connectivity index (χ0) is 10.4. The van der Waals surface area contributed by atoms with E-state index in [1.807, 2.05) is 18.4 Å². The van der Waals surface area contributed by atoms with E-state index in [4.69, 9.17) is 9.47 Å². The van der Waals surface area contributed by atoms with Gasteiger partial charge in [-0.05, 0) is 20.3 Å². The van der Waals surface area contributed by atoms with Crippen molar-refractivity contribution in [3.8, 4) is 0 Å². The van der Waals surface area contributed by atoms with E-state index in [0.29, 0.717) is 19.6 Å². The van der Waals surface area contributed by atoms with Gasteiger partial charge in [0.2, 0.25) is 5.91 Å². The van der Waals surface area contributed by atoms with Crippen LogP contribution in [-0.2, 0) is 14.3 Å². The van der Waals surface area contributed by atoms with Crippen LogP contribution >= 0.6 is 0 Å². The summed E-state index contributed by atoms with van der Waals surface area (Å²) in [4.78, 5) is 11.4. The van der Waals surface area contributed by atoms with Crippen molar-refractivity contribution >= 4 is 15.6 Å². The highest BCUT2D eigenvalue weighted by molar-refractivity contribution is 6.38. The largest absolute Gasteiger partial charge is 0.369 e. The molecule has 1 saturated heterocycles. The average molecular weight is 217 g/mol. The van der Waals surface area contributed by atoms with E-state index in [2.05, 4.69) is 0 Å². The van der Waals surface area contributed by atoms with Crippen LogP contribution in [-0.4, -0.2) is 45.8 Å². The summed E-state index contributed by atoms with van der Waals surface area (Å²) in [6.45, 7) is 6.11. The number of nitrogens with zero attached hydrogens (tertiary/aromatic N) is 1. The third-order valence-electron chi connectivity index (χ3n) is 2.25. The average Bonchev–Trinajstić information content (AvgIpc) is 2.53. The molecule has 0 radical (unpaired) electrons. The summed E-state index contributed by atoms with van der Waals surface area (Å²) in [6.07, 6.45) is 1.70. The van der Waals surface area contributed by atoms with E-state index in [-0.39, 0.29) is 11.8 Å². The van der Waals surface area contributed by atoms with Gasteiger partial charge in [-0.2, -0.15) is 0 Å². The number of carbonyl (C=O) groups is 1. The highest BCUT2D eigenvalue weighted by Crippen LogP contribution is 2.09. The second-order valence-electron chi connectivity index (χ2n) is 3.28. The van der Waals surface area contributed by atoms with Gasteiger partial charge in [0.05, 0.1) is 0 Å². The molecule has 14 heavy (non-hydrogen) atoms. The van der Waals surface area contributed by atoms with Crippen molar-refractivity contribution < 1.29 is 14.3 Å². The first-order valence-corrected chi connectivity index (χ1v) is 6.73. The molecule has 0 aromatic rings. The predicted molar refractivity (Wildman–Crippen MR) is 56.5 cm³/mol. The summed E-state index contributed by atoms with van der Waals surface area (Å²) in [7, 11) is -0.728. The van der Waals surface area contributed by atoms with Gasteiger partial charge in [0.15, 0.2) is 15.6 Å². The first kappa shape index (κ1) is 11.7. The molecule has 4 nitrogen and oxygen atoms in total. The van der Waals surface area contributed by atoms with Crippen molar-refractivity contribution in [3.63, 3.8) is 0 Å². The Kier molecular flexibility index (Phi) is 5.14. The fraction of sp³-hybridized carbons (Fsp3) is 0.889. The van der Waals surface area contributed by atoms with Gasteiger partial charge >= 0.3 is 0 Å². The molecule has 1 aliphatic heterocycles. The summed E-state index contributed by atoms with van der Waals surface area (Å²) in [5.41, 5.74) is 0. The normalized spacial score (nSPS) is 17.9. The molecular formula is C9H19NO3Si. The highest BCUT2D eigenvalue weighted by Gasteiger charge is 2.24. The van der Waals surface area contributed by atoms with Crippen LogP contribution in [0.2, 0.25) is 0 Å². The SMILES string of the molecule is CCOC(OCC)[SiH2]N1CCCC1=O. The molecule has 0 saturated carbocycles. The number of ether oxygens (including phenoxy) is 2. The molecule has 0 atom stereocenters. The van der Waals surface area contributed by atoms with E-state index in [1.54, 1.807) is 0 Å². The summed E-state index contributed by atoms with van der Waals surface area (Å²) in [6, 6.07) is 0. The molecule has 0 bridgehead atoms. The van der Waals surface area contributed by atoms with E-state index >= 15 is 0 Å². The van der Waals surface area contributed by atoms with Gasteiger partial charge < -0.3 is 14.0 Å². The molecule has 1 fully saturated rings. The summed E-state index contributed by atoms with van der Waals surface area (Å²) in [5, 5.41) is 0. The number of amides is 1. The van der Waals surface area contributed by atoms with Crippen molar-refractivity contribution in [1.82, 2.24) is 4.57 Å². The molecule has 0 aromatic carbocycles. The molecular weight excluding hydrogens is 198 g/mol. The van der Waals surface area contributed by atoms with Gasteiger partial charge in [0.25, 0.3) is 0 Å². The van der Waals surface area contributed by atoms with Gasteiger partial charge in [-0.1, -0.05) is 0 Å². The van der Waals surface area contributed by atoms with Crippen LogP contribution in [0.1, 0.15) is 26.7 Å². The molecule has 0 N–H and O–H groups in total. The zero-order valence-electron chi connectivity index (χ0n) is 8.99. The van der Waals surface area contributed by atoms with E-state index in [1.165, 1.54) is 0 Å². The number of hydrogen-bond acceptors (Lipinski definition) is 3. The van der Waals surface area contributed by atoms with Crippen molar-refractivity contribution in [3.05, 3.63) is 0 Å². The van der Waals surface area contributed by atoms with Crippen LogP contribution in [0.15, 0.2) is 0 Å². The molecule has 1 amide bonds. The molecule has 1 heterocycles. The molecule has 1 aliphatic rings. The van der Waals surface area contributed by atoms with Gasteiger partial charge in [-0.3, -0.25) is 4.79 Å². The van der Waals surface area contributed by atoms with Gasteiger partial charge in [-0.15, -0.1) is 0 Å². The maximum absolute atomic E-state index is 11.4. The third-order valence-corrected chi connectivity index (χ3v) is 4.13. The molecule has 1 rings (SSSR count). The molecule has 0 aromatic heterocycles. The Labute approximate surface area is 87.5 Å². The second-order valence-corrected chi connectivity index (χ2v) is 5.08. The molecule has 0 aliphatic carbocycles. The standard InChI is InChI=1S/C9H19NO3Si/c1-3-12-9(13-4-2)14-10-7-5-6-8(10)11/h9H,3-7,14H2,1-2H3. The van der Waals surface area contributed by atoms with Crippen LogP contribution in [0.25, 0.3) is 0 Å². The van der Waals surface area contributed by atoms with Crippen molar-refractivity contribution in [2.75, 3.05) is 19.8 Å². The lowest BCUT2D eigenvalue weighted by Crippen LogP contribution is -2.39. The van der Waals surface area contributed by atoms with Gasteiger partial charge in [0, 0.05) is 26.2 Å². The van der Waals surface area contributed by atoms with Gasteiger partial charge in [0.1, 0.15) is 0 Å². The first-order chi connectivity index (χ1) is 6.77. The lowest BCUT2D eigenvalue weighted by Gasteiger charge is -2.22. The maximum atomic E-state index is 11.4. The van der Waals surface area contributed by atoms with E-state index in [9.17, 15) is 4.79 Å². The lowest BCUT2D eigenvalue weighted by molar-refractivity contribution is -0.125. The summed E-state index contributed by atoms with van der Waals surface area (Å²) < 4.78 is 12.8. The molecule has 5 heteroatoms. The van der Waals surface area contributed by atoms with Crippen molar-refractivity contribution in [2.45, 2.75) is 32.6 Å². The minimum atomic E-state index is -0.728. The van der Waals surface area contributed by atoms with Crippen LogP contribution in [0.4, 0.5) is 0 Å². The maximum Gasteiger partial charge on any atom is 0.214 e. The predicted octanol–water partition coefficient (Wildman–Crippen LogP) is 0.0492. The monoisotopic (exact) mass is 217 g/mol. The first-order valence-electron chi connectivity index (χ1n) is 5.28. The fourth-order valence-corrected chi connectivity index (χ4v) is 3.41. The smallest absolute Gasteiger partial charge is 0.214 e. The Morgan fingerprint density at radius 1 is 1.43 bits per heavy atom. The van der Waals surface area contributed by atoms with Gasteiger partial charge in [-0.25, -0.2) is 0 Å². The Morgan fingerprint density at radius 2 is 2.07 bits per heavy atom. The van der Waals surface area contributed by atoms with Crippen LogP contribution < -0.4 is 0 Å². The third kappa shape index (κ3) is 3.40. The molecule has 82 valence electrons. The fourth-order valence-electron chi connectivity index (χ4n) is 1.60. The van der Waals surface area contributed by atoms with Crippen molar-refractivity contribution in [2.24, 2.45) is 0 Å². The van der Waals surface area contributed by atoms with E-state index < -0.39 is 9.68 Å². The Bertz CT molecular complexity index is 183. The number of hydrogen-bond donors (Lipinski definition) is 0. The second kappa shape index (κ2) is 6.16. The summed E-state index contributed by atoms with van der Waals surface area (Å²) >= 11 is 0. The zero-order valence-corrected chi connectivity index (χ0v) is 10.4. The van der Waals surface area contributed by atoms with E-state index in [0.717, 1.165) is 13.0 Å². The van der Waals surface area contributed by atoms with Crippen LogP contribution in [0, 0.1) is 0 Å². The number of carbonyl (C=O) groups excluding carboxylic acids is 1. The van der Waals surface area contributed by atoms with Crippen LogP contribution in [0.5, 0.6) is 0 Å². The van der Waals surface area contributed by atoms with Crippen molar-refractivity contribution in [1.29, 1.82) is 0 Å². The molecule has 0 unspecified atom stereocenters. The molecule has 0 spiro atoms. The Balaban J connectivity index is 2.33. The lowest BCUT2D eigenvalue weighted by atomic mass is 10.4. The highest BCUT2D eigenvalue weighted by atomic mass is 28.2.